The molecule has 0 unspecified atom stereocenters. The average molecular weight is 320 g/mol. The molecule has 0 N–H and O–H groups in total. The van der Waals surface area contributed by atoms with E-state index in [4.69, 9.17) is 0 Å². The Bertz CT molecular complexity index is 296. The quantitative estimate of drug-likeness (QED) is 0.537. The summed E-state index contributed by atoms with van der Waals surface area (Å²) in [6.07, 6.45) is 0. The van der Waals surface area contributed by atoms with Gasteiger partial charge in [-0.15, -0.1) is 0 Å². The molecule has 0 fully saturated rings. The van der Waals surface area contributed by atoms with E-state index in [1.165, 1.54) is 0 Å². The number of hydrogen-bond donors (Lipinski definition) is 0. The second-order valence-corrected chi connectivity index (χ2v) is 3.23. The molecule has 0 aromatic heterocycles. The monoisotopic (exact) mass is 320 g/mol. The fourth-order valence-corrected chi connectivity index (χ4v) is 1.03. The normalized spacial score (nSPS) is 7.58. The van der Waals surface area contributed by atoms with E-state index in [0.29, 0.717) is 0 Å². The van der Waals surface area contributed by atoms with Crippen molar-refractivity contribution in [3.05, 3.63) is 109 Å². The molecule has 3 rings (SSSR count). The van der Waals surface area contributed by atoms with Crippen molar-refractivity contribution in [1.29, 1.82) is 0 Å². The van der Waals surface area contributed by atoms with Crippen LogP contribution in [-0.2, 0) is 32.7 Å². The molecule has 3 aromatic carbocycles. The summed E-state index contributed by atoms with van der Waals surface area (Å²) in [5.41, 5.74) is 0. The second kappa shape index (κ2) is 14.8. The van der Waals surface area contributed by atoms with Gasteiger partial charge in [-0.25, -0.2) is 0 Å². The third kappa shape index (κ3) is 13.0. The molecular weight excluding hydrogens is 305 g/mol. The first kappa shape index (κ1) is 17.8. The first-order valence-corrected chi connectivity index (χ1v) is 5.73. The summed E-state index contributed by atoms with van der Waals surface area (Å²) in [7, 11) is 0. The van der Waals surface area contributed by atoms with E-state index in [1.54, 1.807) is 0 Å². The second-order valence-electron chi connectivity index (χ2n) is 3.23. The van der Waals surface area contributed by atoms with E-state index in [1.807, 2.05) is 91.0 Å². The molecule has 0 bridgehead atoms. The molecule has 0 amide bonds. The van der Waals surface area contributed by atoms with Gasteiger partial charge in [-0.05, 0) is 0 Å². The largest absolute Gasteiger partial charge is 3.00 e. The fraction of sp³-hybridized carbons (Fsp3) is 0. The molecule has 19 heavy (non-hydrogen) atoms. The molecule has 0 aliphatic heterocycles. The van der Waals surface area contributed by atoms with E-state index in [0.717, 1.165) is 0 Å². The molecule has 0 heterocycles. The van der Waals surface area contributed by atoms with Gasteiger partial charge in [-0.1, -0.05) is 0 Å². The molecule has 0 radical (unpaired) electrons. The van der Waals surface area contributed by atoms with Crippen molar-refractivity contribution < 1.29 is 32.7 Å². The Morgan fingerprint density at radius 2 is 0.526 bits per heavy atom. The van der Waals surface area contributed by atoms with Gasteiger partial charge in [0, 0.05) is 0 Å². The Morgan fingerprint density at radius 1 is 0.316 bits per heavy atom. The minimum absolute atomic E-state index is 0. The third-order valence-electron chi connectivity index (χ3n) is 1.82. The average Bonchev–Trinajstić information content (AvgIpc) is 2.54. The summed E-state index contributed by atoms with van der Waals surface area (Å²) < 4.78 is 0. The Balaban J connectivity index is 0.000000249. The fourth-order valence-electron chi connectivity index (χ4n) is 1.03. The van der Waals surface area contributed by atoms with Gasteiger partial charge in [0.15, 0.2) is 0 Å². The SMILES string of the molecule is [Y+3].[c-]1ccccc1.[c-]1ccccc1.[c-]1ccccc1. The van der Waals surface area contributed by atoms with Gasteiger partial charge < -0.3 is 0 Å². The zero-order chi connectivity index (χ0) is 12.7. The van der Waals surface area contributed by atoms with Crippen molar-refractivity contribution in [2.75, 3.05) is 0 Å². The van der Waals surface area contributed by atoms with Crippen LogP contribution in [0.3, 0.4) is 0 Å². The molecule has 0 aliphatic carbocycles. The van der Waals surface area contributed by atoms with Crippen molar-refractivity contribution in [2.24, 2.45) is 0 Å². The van der Waals surface area contributed by atoms with Gasteiger partial charge >= 0.3 is 32.7 Å². The van der Waals surface area contributed by atoms with Gasteiger partial charge in [-0.2, -0.15) is 109 Å². The predicted octanol–water partition coefficient (Wildman–Crippen LogP) is 4.46. The van der Waals surface area contributed by atoms with Crippen LogP contribution in [0.5, 0.6) is 0 Å². The Morgan fingerprint density at radius 3 is 0.579 bits per heavy atom. The van der Waals surface area contributed by atoms with Gasteiger partial charge in [0.1, 0.15) is 0 Å². The topological polar surface area (TPSA) is 0 Å². The molecule has 1 heteroatoms. The number of benzene rings is 3. The minimum atomic E-state index is 0. The maximum atomic E-state index is 2.89. The van der Waals surface area contributed by atoms with Crippen molar-refractivity contribution in [3.8, 4) is 0 Å². The molecule has 0 spiro atoms. The van der Waals surface area contributed by atoms with Crippen LogP contribution < -0.4 is 0 Å². The van der Waals surface area contributed by atoms with Gasteiger partial charge in [0.05, 0.1) is 0 Å². The zero-order valence-corrected chi connectivity index (χ0v) is 13.6. The van der Waals surface area contributed by atoms with Crippen LogP contribution in [0.15, 0.2) is 91.0 Å². The van der Waals surface area contributed by atoms with Crippen LogP contribution in [0.2, 0.25) is 0 Å². The maximum absolute atomic E-state index is 2.89. The van der Waals surface area contributed by atoms with Gasteiger partial charge in [0.2, 0.25) is 0 Å². The van der Waals surface area contributed by atoms with Crippen molar-refractivity contribution in [2.45, 2.75) is 0 Å². The Kier molecular flexibility index (Phi) is 13.9. The van der Waals surface area contributed by atoms with E-state index in [9.17, 15) is 0 Å². The summed E-state index contributed by atoms with van der Waals surface area (Å²) in [6.45, 7) is 0. The van der Waals surface area contributed by atoms with Crippen LogP contribution >= 0.6 is 0 Å². The summed E-state index contributed by atoms with van der Waals surface area (Å²) >= 11 is 0. The summed E-state index contributed by atoms with van der Waals surface area (Å²) in [5.74, 6) is 0. The van der Waals surface area contributed by atoms with Gasteiger partial charge in [-0.3, -0.25) is 0 Å². The molecule has 0 atom stereocenters. The standard InChI is InChI=1S/3C6H5.Y/c3*1-2-4-6-5-3-1;/h3*1-5H;/q3*-1;+3. The van der Waals surface area contributed by atoms with Crippen LogP contribution in [0.25, 0.3) is 0 Å². The van der Waals surface area contributed by atoms with Crippen molar-refractivity contribution in [3.63, 3.8) is 0 Å². The number of rotatable bonds is 0. The molecule has 0 saturated carbocycles. The van der Waals surface area contributed by atoms with Crippen molar-refractivity contribution in [1.82, 2.24) is 0 Å². The molecule has 0 saturated heterocycles. The van der Waals surface area contributed by atoms with E-state index >= 15 is 0 Å². The Hall–Kier alpha value is -1.24. The van der Waals surface area contributed by atoms with Crippen molar-refractivity contribution >= 4 is 0 Å². The zero-order valence-electron chi connectivity index (χ0n) is 10.7. The van der Waals surface area contributed by atoms with E-state index < -0.39 is 0 Å². The first-order chi connectivity index (χ1) is 9.00. The van der Waals surface area contributed by atoms with E-state index in [-0.39, 0.29) is 32.7 Å². The molecule has 3 aromatic rings. The minimum Gasteiger partial charge on any atom is -0.184 e. The predicted molar refractivity (Wildman–Crippen MR) is 75.8 cm³/mol. The van der Waals surface area contributed by atoms with Gasteiger partial charge in [0.25, 0.3) is 0 Å². The first-order valence-electron chi connectivity index (χ1n) is 5.73. The molecule has 90 valence electrons. The summed E-state index contributed by atoms with van der Waals surface area (Å²) in [4.78, 5) is 0. The van der Waals surface area contributed by atoms with Crippen LogP contribution in [0, 0.1) is 18.2 Å². The third-order valence-corrected chi connectivity index (χ3v) is 1.82. The maximum Gasteiger partial charge on any atom is 3.00 e. The summed E-state index contributed by atoms with van der Waals surface area (Å²) in [5, 5.41) is 0. The van der Waals surface area contributed by atoms with Crippen LogP contribution in [-0.4, -0.2) is 0 Å². The summed E-state index contributed by atoms with van der Waals surface area (Å²) in [6, 6.07) is 37.5. The van der Waals surface area contributed by atoms with E-state index in [2.05, 4.69) is 18.2 Å². The molecule has 0 aliphatic rings. The Labute approximate surface area is 141 Å². The number of hydrogen-bond acceptors (Lipinski definition) is 0. The molecular formula is C18H15Y. The molecule has 0 nitrogen and oxygen atoms in total. The smallest absolute Gasteiger partial charge is 0.184 e. The van der Waals surface area contributed by atoms with Crippen LogP contribution in [0.4, 0.5) is 0 Å². The van der Waals surface area contributed by atoms with Crippen LogP contribution in [0.1, 0.15) is 0 Å².